The summed E-state index contributed by atoms with van der Waals surface area (Å²) in [5, 5.41) is 23.7. The highest BCUT2D eigenvalue weighted by Crippen LogP contribution is 2.41. The molecule has 3 saturated heterocycles. The maximum atomic E-state index is 14.1. The lowest BCUT2D eigenvalue weighted by Gasteiger charge is -2.34. The molecule has 2 unspecified atom stereocenters. The van der Waals surface area contributed by atoms with E-state index in [0.717, 1.165) is 170 Å². The molecular weight excluding hydrogens is 1730 g/mol. The van der Waals surface area contributed by atoms with Crippen LogP contribution in [0.4, 0.5) is 46.3 Å². The maximum absolute atomic E-state index is 14.1. The number of nitrogens with one attached hydrogen (secondary N) is 5. The van der Waals surface area contributed by atoms with Crippen LogP contribution in [0, 0.1) is 18.8 Å². The van der Waals surface area contributed by atoms with Gasteiger partial charge in [-0.25, -0.2) is 32.6 Å². The predicted molar refractivity (Wildman–Crippen MR) is 516 cm³/mol. The van der Waals surface area contributed by atoms with Gasteiger partial charge in [0.25, 0.3) is 16.7 Å². The Morgan fingerprint density at radius 2 is 1.23 bits per heavy atom. The molecule has 5 N–H and O–H groups in total. The molecule has 13 aromatic rings. The lowest BCUT2D eigenvalue weighted by Crippen LogP contribution is -2.44. The Morgan fingerprint density at radius 1 is 0.625 bits per heavy atom. The number of fused-ring (bicyclic) bond motifs is 3. The maximum Gasteiger partial charge on any atom is 0.260 e. The summed E-state index contributed by atoms with van der Waals surface area (Å²) in [6, 6.07) is 33.1. The molecule has 3 aromatic carbocycles. The monoisotopic (exact) mass is 1840 g/mol. The number of piperidine rings is 1. The number of piperazine rings is 2. The van der Waals surface area contributed by atoms with E-state index < -0.39 is 36.7 Å². The lowest BCUT2D eigenvalue weighted by atomic mass is 9.97. The quantitative estimate of drug-likeness (QED) is 0.0291. The number of ether oxygens (including phenoxy) is 2. The molecule has 34 heteroatoms. The van der Waals surface area contributed by atoms with Crippen LogP contribution in [0.2, 0.25) is 0 Å². The van der Waals surface area contributed by atoms with Crippen molar-refractivity contribution < 1.29 is 30.7 Å². The van der Waals surface area contributed by atoms with E-state index in [-0.39, 0.29) is 52.5 Å². The number of allylic oxidation sites excluding steroid dienone is 4. The fourth-order valence-electron chi connectivity index (χ4n) is 16.2. The molecule has 128 heavy (non-hydrogen) atoms. The van der Waals surface area contributed by atoms with Crippen LogP contribution < -0.4 is 57.8 Å². The number of aryl methyl sites for hydroxylation is 1. The van der Waals surface area contributed by atoms with Crippen LogP contribution in [-0.4, -0.2) is 174 Å². The number of methoxy groups -OCH3 is 1. The van der Waals surface area contributed by atoms with Gasteiger partial charge < -0.3 is 55.2 Å². The first kappa shape index (κ1) is 90.3. The number of nitrogens with zero attached hydrogens (tertiary/aromatic N) is 13. The summed E-state index contributed by atoms with van der Waals surface area (Å²) in [6.07, 6.45) is 15.4. The van der Waals surface area contributed by atoms with Crippen molar-refractivity contribution in [1.29, 1.82) is 0 Å². The van der Waals surface area contributed by atoms with Crippen LogP contribution in [0.15, 0.2) is 206 Å². The van der Waals surface area contributed by atoms with Gasteiger partial charge in [0.1, 0.15) is 49.6 Å². The zero-order valence-electron chi connectivity index (χ0n) is 73.1. The number of furan rings is 1. The van der Waals surface area contributed by atoms with Gasteiger partial charge >= 0.3 is 0 Å². The Balaban J connectivity index is 0.000000141. The third-order valence-corrected chi connectivity index (χ3v) is 32.5. The fraction of sp³-hybridized carbons (Fsp3) is 0.362. The van der Waals surface area contributed by atoms with Crippen molar-refractivity contribution in [3.8, 4) is 5.75 Å². The van der Waals surface area contributed by atoms with Gasteiger partial charge in [-0.3, -0.25) is 32.3 Å². The molecule has 4 fully saturated rings. The summed E-state index contributed by atoms with van der Waals surface area (Å²) in [5.74, 6) is 3.15. The van der Waals surface area contributed by atoms with Crippen molar-refractivity contribution in [2.24, 2.45) is 11.8 Å². The fourth-order valence-corrected chi connectivity index (χ4v) is 23.4. The van der Waals surface area contributed by atoms with Crippen LogP contribution in [0.1, 0.15) is 118 Å². The van der Waals surface area contributed by atoms with E-state index in [9.17, 15) is 31.2 Å². The van der Waals surface area contributed by atoms with Crippen molar-refractivity contribution in [2.45, 2.75) is 136 Å². The number of thiazole rings is 1. The minimum atomic E-state index is -3.51. The van der Waals surface area contributed by atoms with Gasteiger partial charge in [0, 0.05) is 161 Å². The number of hydrogen-bond donors (Lipinski definition) is 5. The highest BCUT2D eigenvalue weighted by molar-refractivity contribution is 7.94. The number of benzene rings is 3. The summed E-state index contributed by atoms with van der Waals surface area (Å²) in [5.41, 5.74) is 13.1. The van der Waals surface area contributed by atoms with E-state index in [2.05, 4.69) is 120 Å². The van der Waals surface area contributed by atoms with Gasteiger partial charge in [0.05, 0.1) is 64.1 Å². The number of anilines is 8. The molecule has 1 saturated carbocycles. The Bertz CT molecular complexity index is 6640. The number of pyridine rings is 3. The second kappa shape index (κ2) is 40.3. The molecule has 2 atom stereocenters. The Labute approximate surface area is 760 Å². The van der Waals surface area contributed by atoms with Crippen LogP contribution in [0.3, 0.4) is 0 Å². The van der Waals surface area contributed by atoms with Crippen LogP contribution in [0.25, 0.3) is 49.8 Å². The molecule has 10 aromatic heterocycles. The number of likely N-dealkylation sites (N-methyl/N-ethyl adjacent to an activating group) is 1. The third-order valence-electron chi connectivity index (χ3n) is 23.8. The van der Waals surface area contributed by atoms with Gasteiger partial charge in [0.15, 0.2) is 14.2 Å². The summed E-state index contributed by atoms with van der Waals surface area (Å²) in [6.45, 7) is 30.7. The van der Waals surface area contributed by atoms with E-state index in [1.165, 1.54) is 62.8 Å². The molecule has 0 radical (unpaired) electrons. The van der Waals surface area contributed by atoms with Gasteiger partial charge in [-0.05, 0) is 241 Å². The van der Waals surface area contributed by atoms with Gasteiger partial charge in [0.2, 0.25) is 17.8 Å². The first-order chi connectivity index (χ1) is 61.9. The summed E-state index contributed by atoms with van der Waals surface area (Å²) >= 11 is 3.98. The van der Waals surface area contributed by atoms with E-state index in [4.69, 9.17) is 28.8 Å². The van der Waals surface area contributed by atoms with Crippen LogP contribution in [0.5, 0.6) is 5.75 Å². The van der Waals surface area contributed by atoms with E-state index in [0.29, 0.717) is 95.7 Å². The molecular formula is C94H106N18O10S6. The number of aromatic nitrogens is 10. The van der Waals surface area contributed by atoms with Crippen molar-refractivity contribution in [2.75, 3.05) is 118 Å². The topological polar surface area (TPSA) is 326 Å². The number of rotatable bonds is 29. The van der Waals surface area contributed by atoms with Crippen molar-refractivity contribution in [3.05, 3.63) is 239 Å². The van der Waals surface area contributed by atoms with Crippen LogP contribution in [-0.2, 0) is 55.8 Å². The predicted octanol–water partition coefficient (Wildman–Crippen LogP) is 15.7. The smallest absolute Gasteiger partial charge is 0.260 e. The molecule has 0 amide bonds. The molecule has 2 aliphatic carbocycles. The van der Waals surface area contributed by atoms with E-state index >= 15 is 0 Å². The van der Waals surface area contributed by atoms with Crippen LogP contribution >= 0.6 is 34.0 Å². The standard InChI is InChI=1S/C32H32N6O4S2.C31H36N6O3S2.C31H38N6O3S2/c1-20-3-2-4-25(20)26-17-21-18-35-31(36-22-5-7-23(8-6-22)42-24-9-12-33-13-10-24)37-29(21)38(30(26)39)19-27-28(11-15-41-27)44(40)32-34-14-16-43-32;1-20(2)42(39,40)30-23(11-16-41-30)19-37-28-24(17-27(29(37)38)21(3)22-5-6-22)18-32-31(34-28)33-25-7-9-26(10-8-25)36-14-12-35(4)13-15-36;1-20(2)22(4)25-17-23-18-33-31(34-24-6-7-26(21(3)16-24)36-11-9-32-10-12-36)35-29(23)37(30(25)38)19-27-28(8-14-41-27)42(39)15-13-40-5/h5-8,11,14-18,24,33H,2-4,9-10,12-13,19H2,1H3,(H,35,36,37);7-11,16-18,20,22H,3,5-6,12-15,19H2,1-2,4H3,(H,32,33,34);6-8,14,16-18,20,32H,4,9-13,15,19H2,1-3,5H3,(H,33,34,35). The average Bonchev–Trinajstić information content (AvgIpc) is 1.40. The largest absolute Gasteiger partial charge is 0.490 e. The summed E-state index contributed by atoms with van der Waals surface area (Å²) < 4.78 is 75.1. The minimum absolute atomic E-state index is 0.0636. The van der Waals surface area contributed by atoms with Gasteiger partial charge in [-0.15, -0.1) is 34.0 Å². The second-order valence-corrected chi connectivity index (χ2v) is 41.9. The van der Waals surface area contributed by atoms with Gasteiger partial charge in [-0.1, -0.05) is 32.6 Å². The van der Waals surface area contributed by atoms with Crippen molar-refractivity contribution >= 4 is 162 Å². The zero-order valence-corrected chi connectivity index (χ0v) is 78.0. The van der Waals surface area contributed by atoms with Crippen molar-refractivity contribution in [3.63, 3.8) is 0 Å². The summed E-state index contributed by atoms with van der Waals surface area (Å²) in [4.78, 5) is 83.5. The third kappa shape index (κ3) is 20.6. The Morgan fingerprint density at radius 3 is 1.84 bits per heavy atom. The molecule has 0 spiro atoms. The number of thiophene rings is 2. The average molecular weight is 1840 g/mol. The Kier molecular flexibility index (Phi) is 28.4. The van der Waals surface area contributed by atoms with E-state index in [1.54, 1.807) is 82.3 Å². The molecule has 3 aliphatic heterocycles. The van der Waals surface area contributed by atoms with E-state index in [1.807, 2.05) is 86.0 Å². The minimum Gasteiger partial charge on any atom is -0.490 e. The number of hydrogen-bond acceptors (Lipinski definition) is 28. The highest BCUT2D eigenvalue weighted by Gasteiger charge is 2.32. The molecule has 0 bridgehead atoms. The second-order valence-electron chi connectivity index (χ2n) is 33.3. The first-order valence-corrected chi connectivity index (χ1v) is 49.9. The highest BCUT2D eigenvalue weighted by atomic mass is 32.2. The SMILES string of the molecule is C=C(c1cc2cnc(Nc3ccc(N4CCN(C)CC4)cc3)nc2n(Cc2ccsc2S(=O)(=O)C(C)C)c1=O)C1CC1.C=C(c1cc2cnc(Nc3ccc(N4CCNCC4)c(C)c3)nc2n(Cc2sccc2S(=O)CCOC)c1=O)C(C)C.CC1=C(c2cc3cnc(Nc4ccc(OC5CCNCC5)cc4)nc3n(Cc3occc3S(=O)c3nccs3)c2=O)CCC1. The molecule has 18 rings (SSSR count). The molecule has 28 nitrogen and oxygen atoms in total. The normalized spacial score (nSPS) is 15.8. The number of sulfone groups is 1. The van der Waals surface area contributed by atoms with Gasteiger partial charge in [-0.2, -0.15) is 15.0 Å². The lowest BCUT2D eigenvalue weighted by molar-refractivity contribution is 0.162. The molecule has 668 valence electrons. The first-order valence-electron chi connectivity index (χ1n) is 43.2. The van der Waals surface area contributed by atoms with Crippen molar-refractivity contribution in [1.82, 2.24) is 64.1 Å². The Hall–Kier alpha value is -11.1. The molecule has 13 heterocycles. The summed E-state index contributed by atoms with van der Waals surface area (Å²) in [7, 11) is -2.54. The zero-order chi connectivity index (χ0) is 89.4. The molecule has 5 aliphatic rings.